The molecular formula is C15H17FN2O. The summed E-state index contributed by atoms with van der Waals surface area (Å²) in [7, 11) is 1.44. The molecule has 0 saturated heterocycles. The Bertz CT molecular complexity index is 545. The van der Waals surface area contributed by atoms with Crippen molar-refractivity contribution in [2.75, 3.05) is 7.11 Å². The highest BCUT2D eigenvalue weighted by Gasteiger charge is 2.18. The third-order valence-electron chi connectivity index (χ3n) is 3.33. The molecule has 19 heavy (non-hydrogen) atoms. The van der Waals surface area contributed by atoms with Crippen molar-refractivity contribution in [1.82, 2.24) is 4.98 Å². The van der Waals surface area contributed by atoms with Crippen LogP contribution in [0.25, 0.3) is 0 Å². The van der Waals surface area contributed by atoms with Gasteiger partial charge in [0.15, 0.2) is 11.6 Å². The Morgan fingerprint density at radius 2 is 1.84 bits per heavy atom. The van der Waals surface area contributed by atoms with E-state index in [0.29, 0.717) is 0 Å². The van der Waals surface area contributed by atoms with Gasteiger partial charge in [-0.05, 0) is 35.4 Å². The fraction of sp³-hybridized carbons (Fsp3) is 0.267. The topological polar surface area (TPSA) is 48.1 Å². The molecule has 0 fully saturated rings. The molecule has 2 atom stereocenters. The molecule has 3 nitrogen and oxygen atoms in total. The van der Waals surface area contributed by atoms with Crippen molar-refractivity contribution in [3.63, 3.8) is 0 Å². The number of methoxy groups -OCH3 is 1. The predicted octanol–water partition coefficient (Wildman–Crippen LogP) is 3.03. The molecule has 0 spiro atoms. The van der Waals surface area contributed by atoms with E-state index in [1.165, 1.54) is 13.2 Å². The summed E-state index contributed by atoms with van der Waals surface area (Å²) in [5.41, 5.74) is 8.20. The molecule has 1 heterocycles. The Labute approximate surface area is 112 Å². The molecule has 0 aliphatic carbocycles. The molecule has 2 unspecified atom stereocenters. The predicted molar refractivity (Wildman–Crippen MR) is 72.5 cm³/mol. The Hall–Kier alpha value is -1.94. The maximum atomic E-state index is 13.4. The van der Waals surface area contributed by atoms with Crippen LogP contribution in [0.4, 0.5) is 4.39 Å². The third-order valence-corrected chi connectivity index (χ3v) is 3.33. The molecule has 0 aliphatic heterocycles. The summed E-state index contributed by atoms with van der Waals surface area (Å²) >= 11 is 0. The van der Waals surface area contributed by atoms with Gasteiger partial charge >= 0.3 is 0 Å². The minimum Gasteiger partial charge on any atom is -0.494 e. The van der Waals surface area contributed by atoms with Crippen LogP contribution in [0.3, 0.4) is 0 Å². The Morgan fingerprint density at radius 3 is 2.47 bits per heavy atom. The molecule has 2 aromatic rings. The number of hydrogen-bond acceptors (Lipinski definition) is 3. The van der Waals surface area contributed by atoms with Crippen molar-refractivity contribution in [3.8, 4) is 5.75 Å². The number of ether oxygens (including phenoxy) is 1. The van der Waals surface area contributed by atoms with Crippen LogP contribution in [0.5, 0.6) is 5.75 Å². The summed E-state index contributed by atoms with van der Waals surface area (Å²) in [4.78, 5) is 3.99. The Kier molecular flexibility index (Phi) is 4.12. The molecular weight excluding hydrogens is 243 g/mol. The fourth-order valence-corrected chi connectivity index (χ4v) is 2.05. The number of nitrogens with two attached hydrogens (primary N) is 1. The quantitative estimate of drug-likeness (QED) is 0.919. The average molecular weight is 260 g/mol. The van der Waals surface area contributed by atoms with Gasteiger partial charge in [0.2, 0.25) is 0 Å². The van der Waals surface area contributed by atoms with Crippen molar-refractivity contribution in [1.29, 1.82) is 0 Å². The van der Waals surface area contributed by atoms with Crippen LogP contribution in [-0.2, 0) is 0 Å². The smallest absolute Gasteiger partial charge is 0.165 e. The molecule has 2 rings (SSSR count). The van der Waals surface area contributed by atoms with E-state index >= 15 is 0 Å². The van der Waals surface area contributed by atoms with Crippen molar-refractivity contribution in [3.05, 3.63) is 59.7 Å². The van der Waals surface area contributed by atoms with Gasteiger partial charge in [0, 0.05) is 24.4 Å². The van der Waals surface area contributed by atoms with Crippen molar-refractivity contribution in [2.45, 2.75) is 18.9 Å². The maximum absolute atomic E-state index is 13.4. The first-order valence-corrected chi connectivity index (χ1v) is 6.12. The number of nitrogens with zero attached hydrogens (tertiary/aromatic N) is 1. The Morgan fingerprint density at radius 1 is 1.16 bits per heavy atom. The van der Waals surface area contributed by atoms with Gasteiger partial charge < -0.3 is 10.5 Å². The molecule has 4 heteroatoms. The summed E-state index contributed by atoms with van der Waals surface area (Å²) in [6.07, 6.45) is 3.48. The molecule has 0 amide bonds. The molecule has 2 N–H and O–H groups in total. The normalized spacial score (nSPS) is 13.9. The van der Waals surface area contributed by atoms with Crippen LogP contribution in [0, 0.1) is 5.82 Å². The lowest BCUT2D eigenvalue weighted by Gasteiger charge is -2.21. The minimum atomic E-state index is -0.380. The largest absolute Gasteiger partial charge is 0.494 e. The minimum absolute atomic E-state index is 0.109. The third kappa shape index (κ3) is 2.90. The summed E-state index contributed by atoms with van der Waals surface area (Å²) in [6.45, 7) is 2.04. The Balaban J connectivity index is 2.26. The first-order valence-electron chi connectivity index (χ1n) is 6.12. The van der Waals surface area contributed by atoms with Gasteiger partial charge in [-0.15, -0.1) is 0 Å². The van der Waals surface area contributed by atoms with Crippen LogP contribution in [0.2, 0.25) is 0 Å². The number of benzene rings is 1. The number of pyridine rings is 1. The maximum Gasteiger partial charge on any atom is 0.165 e. The van der Waals surface area contributed by atoms with E-state index in [9.17, 15) is 4.39 Å². The highest BCUT2D eigenvalue weighted by molar-refractivity contribution is 5.34. The van der Waals surface area contributed by atoms with Gasteiger partial charge in [-0.1, -0.05) is 13.0 Å². The molecule has 0 saturated carbocycles. The highest BCUT2D eigenvalue weighted by atomic mass is 19.1. The van der Waals surface area contributed by atoms with Crippen molar-refractivity contribution >= 4 is 0 Å². The molecule has 100 valence electrons. The zero-order chi connectivity index (χ0) is 13.8. The van der Waals surface area contributed by atoms with E-state index in [1.54, 1.807) is 24.5 Å². The van der Waals surface area contributed by atoms with E-state index in [-0.39, 0.29) is 23.5 Å². The van der Waals surface area contributed by atoms with Crippen LogP contribution in [0.15, 0.2) is 42.7 Å². The average Bonchev–Trinajstić information content (AvgIpc) is 2.47. The number of halogens is 1. The lowest BCUT2D eigenvalue weighted by atomic mass is 9.90. The van der Waals surface area contributed by atoms with Gasteiger partial charge in [0.1, 0.15) is 0 Å². The second-order valence-electron chi connectivity index (χ2n) is 4.49. The van der Waals surface area contributed by atoms with Crippen LogP contribution in [-0.4, -0.2) is 12.1 Å². The summed E-state index contributed by atoms with van der Waals surface area (Å²) in [5.74, 6) is -0.0527. The van der Waals surface area contributed by atoms with E-state index in [0.717, 1.165) is 11.1 Å². The van der Waals surface area contributed by atoms with Gasteiger partial charge in [-0.3, -0.25) is 4.98 Å². The number of hydrogen-bond donors (Lipinski definition) is 1. The van der Waals surface area contributed by atoms with E-state index in [4.69, 9.17) is 10.5 Å². The molecule has 0 bridgehead atoms. The fourth-order valence-electron chi connectivity index (χ4n) is 2.05. The number of aromatic nitrogens is 1. The zero-order valence-corrected chi connectivity index (χ0v) is 11.0. The zero-order valence-electron chi connectivity index (χ0n) is 11.0. The lowest BCUT2D eigenvalue weighted by Crippen LogP contribution is -2.18. The van der Waals surface area contributed by atoms with Crippen molar-refractivity contribution < 1.29 is 9.13 Å². The van der Waals surface area contributed by atoms with Crippen LogP contribution >= 0.6 is 0 Å². The molecule has 1 aromatic carbocycles. The standard InChI is InChI=1S/C15H17FN2O/c1-10(11-5-7-18-8-6-11)15(17)12-3-4-13(16)14(9-12)19-2/h3-10,15H,17H2,1-2H3. The van der Waals surface area contributed by atoms with Crippen LogP contribution in [0.1, 0.15) is 30.0 Å². The van der Waals surface area contributed by atoms with E-state index < -0.39 is 0 Å². The van der Waals surface area contributed by atoms with E-state index in [2.05, 4.69) is 4.98 Å². The lowest BCUT2D eigenvalue weighted by molar-refractivity contribution is 0.385. The summed E-state index contributed by atoms with van der Waals surface area (Å²) in [6, 6.07) is 8.37. The summed E-state index contributed by atoms with van der Waals surface area (Å²) in [5, 5.41) is 0. The second kappa shape index (κ2) is 5.80. The summed E-state index contributed by atoms with van der Waals surface area (Å²) < 4.78 is 18.4. The molecule has 0 radical (unpaired) electrons. The molecule has 0 aliphatic rings. The van der Waals surface area contributed by atoms with Gasteiger partial charge in [-0.2, -0.15) is 0 Å². The number of rotatable bonds is 4. The van der Waals surface area contributed by atoms with Crippen LogP contribution < -0.4 is 10.5 Å². The monoisotopic (exact) mass is 260 g/mol. The highest BCUT2D eigenvalue weighted by Crippen LogP contribution is 2.30. The van der Waals surface area contributed by atoms with Gasteiger partial charge in [0.05, 0.1) is 7.11 Å². The van der Waals surface area contributed by atoms with Gasteiger partial charge in [0.25, 0.3) is 0 Å². The first-order chi connectivity index (χ1) is 9.13. The molecule has 1 aromatic heterocycles. The van der Waals surface area contributed by atoms with Gasteiger partial charge in [-0.25, -0.2) is 4.39 Å². The van der Waals surface area contributed by atoms with E-state index in [1.807, 2.05) is 19.1 Å². The SMILES string of the molecule is COc1cc(C(N)C(C)c2ccncc2)ccc1F. The second-order valence-corrected chi connectivity index (χ2v) is 4.49. The van der Waals surface area contributed by atoms with Crippen molar-refractivity contribution in [2.24, 2.45) is 5.73 Å². The first kappa shape index (κ1) is 13.5.